The molecule has 0 N–H and O–H groups in total. The molecule has 4 rings (SSSR count). The number of morpholine rings is 1. The van der Waals surface area contributed by atoms with Crippen molar-refractivity contribution in [3.05, 3.63) is 102 Å². The van der Waals surface area contributed by atoms with Crippen LogP contribution in [0.4, 0.5) is 13.2 Å². The number of rotatable bonds is 7. The van der Waals surface area contributed by atoms with Gasteiger partial charge in [-0.3, -0.25) is 4.90 Å². The van der Waals surface area contributed by atoms with Crippen molar-refractivity contribution < 1.29 is 17.9 Å². The van der Waals surface area contributed by atoms with Crippen molar-refractivity contribution in [1.29, 1.82) is 0 Å². The third-order valence-corrected chi connectivity index (χ3v) is 6.59. The van der Waals surface area contributed by atoms with E-state index >= 15 is 0 Å². The summed E-state index contributed by atoms with van der Waals surface area (Å²) < 4.78 is 45.6. The molecule has 1 fully saturated rings. The van der Waals surface area contributed by atoms with E-state index in [1.54, 1.807) is 24.3 Å². The summed E-state index contributed by atoms with van der Waals surface area (Å²) in [5, 5.41) is 0. The van der Waals surface area contributed by atoms with Crippen molar-refractivity contribution in [3.8, 4) is 0 Å². The summed E-state index contributed by atoms with van der Waals surface area (Å²) in [6, 6.07) is 27.1. The molecule has 0 bridgehead atoms. The van der Waals surface area contributed by atoms with Gasteiger partial charge in [0.05, 0.1) is 12.7 Å². The van der Waals surface area contributed by atoms with Gasteiger partial charge >= 0.3 is 5.51 Å². The summed E-state index contributed by atoms with van der Waals surface area (Å²) >= 11 is -0.0377. The highest BCUT2D eigenvalue weighted by atomic mass is 32.2. The molecule has 1 saturated heterocycles. The molecule has 0 amide bonds. The lowest BCUT2D eigenvalue weighted by Gasteiger charge is -2.37. The largest absolute Gasteiger partial charge is 0.446 e. The first-order valence-corrected chi connectivity index (χ1v) is 11.6. The maximum Gasteiger partial charge on any atom is 0.446 e. The van der Waals surface area contributed by atoms with Gasteiger partial charge in [0.2, 0.25) is 0 Å². The highest BCUT2D eigenvalue weighted by molar-refractivity contribution is 8.00. The number of hydrogen-bond acceptors (Lipinski definition) is 3. The van der Waals surface area contributed by atoms with Gasteiger partial charge in [0.15, 0.2) is 0 Å². The normalized spacial score (nSPS) is 18.4. The van der Waals surface area contributed by atoms with E-state index in [4.69, 9.17) is 4.74 Å². The van der Waals surface area contributed by atoms with Crippen molar-refractivity contribution in [3.63, 3.8) is 0 Å². The van der Waals surface area contributed by atoms with Crippen LogP contribution in [-0.2, 0) is 17.7 Å². The van der Waals surface area contributed by atoms with Crippen molar-refractivity contribution in [2.75, 3.05) is 19.7 Å². The second-order valence-electron chi connectivity index (χ2n) is 8.01. The lowest BCUT2D eigenvalue weighted by Crippen LogP contribution is -2.45. The molecule has 1 aliphatic rings. The smallest absolute Gasteiger partial charge is 0.375 e. The molecular formula is C26H26F3NOS. The van der Waals surface area contributed by atoms with Gasteiger partial charge in [-0.15, -0.1) is 0 Å². The molecule has 0 saturated carbocycles. The van der Waals surface area contributed by atoms with E-state index in [9.17, 15) is 13.2 Å². The first-order chi connectivity index (χ1) is 15.5. The van der Waals surface area contributed by atoms with E-state index in [0.29, 0.717) is 18.6 Å². The number of hydrogen-bond donors (Lipinski definition) is 0. The Morgan fingerprint density at radius 3 is 2.28 bits per heavy atom. The molecule has 3 aromatic rings. The molecule has 0 spiro atoms. The van der Waals surface area contributed by atoms with Gasteiger partial charge in [0, 0.05) is 30.4 Å². The van der Waals surface area contributed by atoms with Crippen molar-refractivity contribution in [2.24, 2.45) is 0 Å². The number of ether oxygens (including phenoxy) is 1. The Kier molecular flexibility index (Phi) is 7.55. The highest BCUT2D eigenvalue weighted by Crippen LogP contribution is 2.40. The zero-order chi connectivity index (χ0) is 22.4. The topological polar surface area (TPSA) is 12.5 Å². The Morgan fingerprint density at radius 2 is 1.56 bits per heavy atom. The van der Waals surface area contributed by atoms with Crippen LogP contribution in [0.25, 0.3) is 0 Å². The molecule has 2 atom stereocenters. The second kappa shape index (κ2) is 10.6. The summed E-state index contributed by atoms with van der Waals surface area (Å²) in [5.74, 6) is -0.0373. The van der Waals surface area contributed by atoms with Gasteiger partial charge in [-0.2, -0.15) is 13.2 Å². The number of nitrogens with zero attached hydrogens (tertiary/aromatic N) is 1. The molecule has 32 heavy (non-hydrogen) atoms. The maximum absolute atomic E-state index is 13.1. The predicted octanol–water partition coefficient (Wildman–Crippen LogP) is 6.53. The van der Waals surface area contributed by atoms with Gasteiger partial charge in [-0.05, 0) is 40.9 Å². The minimum atomic E-state index is -4.31. The van der Waals surface area contributed by atoms with E-state index in [2.05, 4.69) is 17.0 Å². The molecule has 1 heterocycles. The Bertz CT molecular complexity index is 981. The number of thioether (sulfide) groups is 1. The van der Waals surface area contributed by atoms with Crippen LogP contribution in [0.2, 0.25) is 0 Å². The number of halogens is 3. The fourth-order valence-corrected chi connectivity index (χ4v) is 4.94. The molecular weight excluding hydrogens is 431 g/mol. The first-order valence-electron chi connectivity index (χ1n) is 10.7. The number of benzene rings is 3. The van der Waals surface area contributed by atoms with Crippen LogP contribution in [0.5, 0.6) is 0 Å². The van der Waals surface area contributed by atoms with Crippen molar-refractivity contribution in [1.82, 2.24) is 4.90 Å². The molecule has 0 aromatic heterocycles. The van der Waals surface area contributed by atoms with Crippen LogP contribution in [0.1, 0.15) is 22.6 Å². The minimum Gasteiger partial charge on any atom is -0.375 e. The molecule has 2 nitrogen and oxygen atoms in total. The fraction of sp³-hybridized carbons (Fsp3) is 0.308. The predicted molar refractivity (Wildman–Crippen MR) is 123 cm³/mol. The third kappa shape index (κ3) is 6.37. The average molecular weight is 458 g/mol. The maximum atomic E-state index is 13.1. The SMILES string of the molecule is FC(F)(F)Sc1ccccc1CC(c1ccccc1)[C@@H]1CN(Cc2ccccc2)CCO1. The first kappa shape index (κ1) is 22.9. The van der Waals surface area contributed by atoms with E-state index in [0.717, 1.165) is 25.2 Å². The lowest BCUT2D eigenvalue weighted by atomic mass is 9.86. The Hall–Kier alpha value is -2.28. The Morgan fingerprint density at radius 1 is 0.906 bits per heavy atom. The standard InChI is InChI=1S/C26H26F3NOS/c27-26(28,29)32-25-14-8-7-13-22(25)17-23(21-11-5-2-6-12-21)24-19-30(15-16-31-24)18-20-9-3-1-4-10-20/h1-14,23-24H,15-19H2/t23?,24-/m0/s1. The molecule has 0 radical (unpaired) electrons. The minimum absolute atomic E-state index is 0.0373. The van der Waals surface area contributed by atoms with Gasteiger partial charge in [-0.1, -0.05) is 78.9 Å². The van der Waals surface area contributed by atoms with Gasteiger partial charge in [-0.25, -0.2) is 0 Å². The summed E-state index contributed by atoms with van der Waals surface area (Å²) in [4.78, 5) is 2.63. The van der Waals surface area contributed by atoms with Crippen LogP contribution in [0.15, 0.2) is 89.8 Å². The summed E-state index contributed by atoms with van der Waals surface area (Å²) in [6.45, 7) is 3.03. The van der Waals surface area contributed by atoms with Crippen molar-refractivity contribution in [2.45, 2.75) is 35.4 Å². The number of alkyl halides is 3. The zero-order valence-electron chi connectivity index (χ0n) is 17.7. The molecule has 6 heteroatoms. The Balaban J connectivity index is 1.57. The molecule has 1 aliphatic heterocycles. The lowest BCUT2D eigenvalue weighted by molar-refractivity contribution is -0.0445. The zero-order valence-corrected chi connectivity index (χ0v) is 18.5. The molecule has 0 aliphatic carbocycles. The summed E-state index contributed by atoms with van der Waals surface area (Å²) in [6.07, 6.45) is 0.395. The van der Waals surface area contributed by atoms with Crippen LogP contribution in [0.3, 0.4) is 0 Å². The highest BCUT2D eigenvalue weighted by Gasteiger charge is 2.33. The van der Waals surface area contributed by atoms with Crippen LogP contribution < -0.4 is 0 Å². The monoisotopic (exact) mass is 457 g/mol. The van der Waals surface area contributed by atoms with E-state index in [-0.39, 0.29) is 28.7 Å². The summed E-state index contributed by atoms with van der Waals surface area (Å²) in [5.41, 5.74) is -1.28. The average Bonchev–Trinajstić information content (AvgIpc) is 2.79. The van der Waals surface area contributed by atoms with Gasteiger partial charge < -0.3 is 4.74 Å². The molecule has 168 valence electrons. The Labute approximate surface area is 191 Å². The van der Waals surface area contributed by atoms with E-state index < -0.39 is 5.51 Å². The third-order valence-electron chi connectivity index (χ3n) is 5.74. The summed E-state index contributed by atoms with van der Waals surface area (Å²) in [7, 11) is 0. The fourth-order valence-electron chi connectivity index (χ4n) is 4.26. The molecule has 3 aromatic carbocycles. The van der Waals surface area contributed by atoms with Crippen LogP contribution >= 0.6 is 11.8 Å². The van der Waals surface area contributed by atoms with Gasteiger partial charge in [0.25, 0.3) is 0 Å². The molecule has 1 unspecified atom stereocenters. The van der Waals surface area contributed by atoms with Crippen molar-refractivity contribution >= 4 is 11.8 Å². The van der Waals surface area contributed by atoms with E-state index in [1.165, 1.54) is 5.56 Å². The quantitative estimate of drug-likeness (QED) is 0.375. The van der Waals surface area contributed by atoms with Crippen LogP contribution in [-0.4, -0.2) is 36.2 Å². The second-order valence-corrected chi connectivity index (χ2v) is 9.11. The van der Waals surface area contributed by atoms with Crippen LogP contribution in [0, 0.1) is 0 Å². The van der Waals surface area contributed by atoms with E-state index in [1.807, 2.05) is 48.5 Å². The van der Waals surface area contributed by atoms with Gasteiger partial charge in [0.1, 0.15) is 0 Å².